The first-order valence-electron chi connectivity index (χ1n) is 11.1. The van der Waals surface area contributed by atoms with E-state index >= 15 is 0 Å². The summed E-state index contributed by atoms with van der Waals surface area (Å²) < 4.78 is 5.49. The van der Waals surface area contributed by atoms with E-state index in [4.69, 9.17) is 4.74 Å². The number of hydrogen-bond donors (Lipinski definition) is 1. The first kappa shape index (κ1) is 20.2. The Labute approximate surface area is 174 Å². The predicted octanol–water partition coefficient (Wildman–Crippen LogP) is 3.18. The standard InChI is InChI=1S/C22H36N4OS/c1-23-21(26-10-7-19(17-26)16-25-11-13-27-14-12-25)24-18-22(8-3-2-4-9-22)20-6-5-15-28-20/h5-6,15,19H,2-4,7-14,16-18H2,1H3,(H,23,24). The van der Waals surface area contributed by atoms with Gasteiger partial charge in [-0.25, -0.2) is 0 Å². The molecule has 1 N–H and O–H groups in total. The van der Waals surface area contributed by atoms with Gasteiger partial charge in [-0.1, -0.05) is 25.3 Å². The average Bonchev–Trinajstić information content (AvgIpc) is 3.43. The number of hydrogen-bond acceptors (Lipinski definition) is 4. The van der Waals surface area contributed by atoms with Crippen molar-refractivity contribution in [1.29, 1.82) is 0 Å². The normalized spacial score (nSPS) is 26.5. The van der Waals surface area contributed by atoms with Crippen LogP contribution in [0.1, 0.15) is 43.4 Å². The van der Waals surface area contributed by atoms with Gasteiger partial charge in [-0.05, 0) is 36.6 Å². The van der Waals surface area contributed by atoms with Crippen molar-refractivity contribution in [3.05, 3.63) is 22.4 Å². The maximum Gasteiger partial charge on any atom is 0.193 e. The van der Waals surface area contributed by atoms with Crippen LogP contribution in [0.15, 0.2) is 22.5 Å². The van der Waals surface area contributed by atoms with Crippen LogP contribution in [0.5, 0.6) is 0 Å². The Morgan fingerprint density at radius 1 is 1.25 bits per heavy atom. The van der Waals surface area contributed by atoms with Crippen molar-refractivity contribution < 1.29 is 4.74 Å². The van der Waals surface area contributed by atoms with E-state index in [0.29, 0.717) is 5.41 Å². The maximum atomic E-state index is 5.49. The van der Waals surface area contributed by atoms with Crippen LogP contribution >= 0.6 is 11.3 Å². The lowest BCUT2D eigenvalue weighted by Gasteiger charge is -2.38. The largest absolute Gasteiger partial charge is 0.379 e. The Morgan fingerprint density at radius 2 is 2.07 bits per heavy atom. The Balaban J connectivity index is 1.33. The molecule has 5 nitrogen and oxygen atoms in total. The summed E-state index contributed by atoms with van der Waals surface area (Å²) in [5.41, 5.74) is 0.301. The molecule has 1 unspecified atom stereocenters. The third-order valence-corrected chi connectivity index (χ3v) is 7.97. The predicted molar refractivity (Wildman–Crippen MR) is 117 cm³/mol. The van der Waals surface area contributed by atoms with Crippen molar-refractivity contribution in [2.24, 2.45) is 10.9 Å². The molecule has 0 bridgehead atoms. The van der Waals surface area contributed by atoms with Gasteiger partial charge in [-0.2, -0.15) is 0 Å². The fraction of sp³-hybridized carbons (Fsp3) is 0.773. The zero-order chi connectivity index (χ0) is 19.2. The number of nitrogens with zero attached hydrogens (tertiary/aromatic N) is 3. The van der Waals surface area contributed by atoms with Gasteiger partial charge in [-0.3, -0.25) is 9.89 Å². The summed E-state index contributed by atoms with van der Waals surface area (Å²) in [4.78, 5) is 11.3. The molecule has 1 aromatic rings. The number of morpholine rings is 1. The number of ether oxygens (including phenoxy) is 1. The quantitative estimate of drug-likeness (QED) is 0.604. The zero-order valence-corrected chi connectivity index (χ0v) is 18.2. The van der Waals surface area contributed by atoms with E-state index in [0.717, 1.165) is 57.8 Å². The topological polar surface area (TPSA) is 40.1 Å². The SMILES string of the molecule is CN=C(NCC1(c2cccs2)CCCCC1)N1CCC(CN2CCOCC2)C1. The maximum absolute atomic E-state index is 5.49. The van der Waals surface area contributed by atoms with E-state index in [-0.39, 0.29) is 0 Å². The lowest BCUT2D eigenvalue weighted by atomic mass is 9.73. The first-order chi connectivity index (χ1) is 13.8. The van der Waals surface area contributed by atoms with Crippen LogP contribution in [0, 0.1) is 5.92 Å². The molecule has 6 heteroatoms. The van der Waals surface area contributed by atoms with Gasteiger partial charge < -0.3 is 15.0 Å². The molecule has 28 heavy (non-hydrogen) atoms. The molecule has 1 aliphatic carbocycles. The van der Waals surface area contributed by atoms with Crippen molar-refractivity contribution in [3.63, 3.8) is 0 Å². The van der Waals surface area contributed by atoms with Gasteiger partial charge in [0.05, 0.1) is 13.2 Å². The van der Waals surface area contributed by atoms with Crippen LogP contribution in [-0.4, -0.2) is 75.3 Å². The molecule has 2 saturated heterocycles. The van der Waals surface area contributed by atoms with Crippen LogP contribution in [0.2, 0.25) is 0 Å². The molecule has 0 spiro atoms. The van der Waals surface area contributed by atoms with Crippen molar-refractivity contribution in [2.45, 2.75) is 43.9 Å². The second-order valence-electron chi connectivity index (χ2n) is 8.73. The molecule has 1 saturated carbocycles. The minimum Gasteiger partial charge on any atom is -0.379 e. The highest BCUT2D eigenvalue weighted by Crippen LogP contribution is 2.41. The zero-order valence-electron chi connectivity index (χ0n) is 17.4. The van der Waals surface area contributed by atoms with E-state index in [9.17, 15) is 0 Å². The molecule has 0 aromatic carbocycles. The fourth-order valence-corrected chi connectivity index (χ4v) is 6.21. The molecule has 0 amide bonds. The van der Waals surface area contributed by atoms with Crippen molar-refractivity contribution in [2.75, 3.05) is 59.5 Å². The fourth-order valence-electron chi connectivity index (χ4n) is 5.22. The van der Waals surface area contributed by atoms with Gasteiger partial charge in [0.1, 0.15) is 0 Å². The number of guanidine groups is 1. The van der Waals surface area contributed by atoms with E-state index in [1.165, 1.54) is 45.1 Å². The third kappa shape index (κ3) is 4.71. The van der Waals surface area contributed by atoms with E-state index < -0.39 is 0 Å². The molecule has 3 aliphatic rings. The number of likely N-dealkylation sites (tertiary alicyclic amines) is 1. The second kappa shape index (κ2) is 9.59. The molecule has 0 radical (unpaired) electrons. The molecule has 3 fully saturated rings. The van der Waals surface area contributed by atoms with Crippen molar-refractivity contribution >= 4 is 17.3 Å². The van der Waals surface area contributed by atoms with Gasteiger partial charge in [0.15, 0.2) is 5.96 Å². The number of thiophene rings is 1. The molecular formula is C22H36N4OS. The van der Waals surface area contributed by atoms with Crippen LogP contribution in [0.3, 0.4) is 0 Å². The van der Waals surface area contributed by atoms with Crippen LogP contribution in [0.4, 0.5) is 0 Å². The molecule has 4 rings (SSSR count). The molecule has 3 heterocycles. The molecule has 1 atom stereocenters. The van der Waals surface area contributed by atoms with Gasteiger partial charge in [0.25, 0.3) is 0 Å². The monoisotopic (exact) mass is 404 g/mol. The van der Waals surface area contributed by atoms with Crippen LogP contribution in [0.25, 0.3) is 0 Å². The Morgan fingerprint density at radius 3 is 2.79 bits per heavy atom. The summed E-state index contributed by atoms with van der Waals surface area (Å²) in [5.74, 6) is 1.85. The van der Waals surface area contributed by atoms with Crippen molar-refractivity contribution in [3.8, 4) is 0 Å². The van der Waals surface area contributed by atoms with E-state index in [1.54, 1.807) is 4.88 Å². The summed E-state index contributed by atoms with van der Waals surface area (Å²) in [7, 11) is 1.94. The van der Waals surface area contributed by atoms with Crippen molar-refractivity contribution in [1.82, 2.24) is 15.1 Å². The van der Waals surface area contributed by atoms with Crippen LogP contribution < -0.4 is 5.32 Å². The Hall–Kier alpha value is -1.11. The first-order valence-corrected chi connectivity index (χ1v) is 12.0. The summed E-state index contributed by atoms with van der Waals surface area (Å²) in [6.07, 6.45) is 7.96. The number of nitrogens with one attached hydrogen (secondary N) is 1. The highest BCUT2D eigenvalue weighted by molar-refractivity contribution is 7.10. The molecule has 1 aromatic heterocycles. The lowest BCUT2D eigenvalue weighted by Crippen LogP contribution is -2.47. The minimum atomic E-state index is 0.301. The highest BCUT2D eigenvalue weighted by atomic mass is 32.1. The second-order valence-corrected chi connectivity index (χ2v) is 9.68. The van der Waals surface area contributed by atoms with Gasteiger partial charge >= 0.3 is 0 Å². The Kier molecular flexibility index (Phi) is 6.91. The molecule has 156 valence electrons. The lowest BCUT2D eigenvalue weighted by molar-refractivity contribution is 0.0315. The minimum absolute atomic E-state index is 0.301. The highest BCUT2D eigenvalue weighted by Gasteiger charge is 2.36. The summed E-state index contributed by atoms with van der Waals surface area (Å²) in [6, 6.07) is 4.55. The summed E-state index contributed by atoms with van der Waals surface area (Å²) >= 11 is 1.93. The van der Waals surface area contributed by atoms with Crippen LogP contribution in [-0.2, 0) is 10.2 Å². The van der Waals surface area contributed by atoms with Gasteiger partial charge in [-0.15, -0.1) is 11.3 Å². The summed E-state index contributed by atoms with van der Waals surface area (Å²) in [6.45, 7) is 8.44. The number of aliphatic imine (C=N–C) groups is 1. The smallest absolute Gasteiger partial charge is 0.193 e. The third-order valence-electron chi connectivity index (χ3n) is 6.86. The summed E-state index contributed by atoms with van der Waals surface area (Å²) in [5, 5.41) is 6.02. The van der Waals surface area contributed by atoms with Gasteiger partial charge in [0, 0.05) is 56.6 Å². The van der Waals surface area contributed by atoms with E-state index in [2.05, 4.69) is 37.6 Å². The average molecular weight is 405 g/mol. The number of rotatable bonds is 5. The van der Waals surface area contributed by atoms with Gasteiger partial charge in [0.2, 0.25) is 0 Å². The molecule has 2 aliphatic heterocycles. The van der Waals surface area contributed by atoms with E-state index in [1.807, 2.05) is 18.4 Å². The molecular weight excluding hydrogens is 368 g/mol. The Bertz CT molecular complexity index is 620.